The molecule has 0 saturated carbocycles. The highest BCUT2D eigenvalue weighted by Crippen LogP contribution is 2.26. The SMILES string of the molecule is CCCc1cc2ccc(C(=O)OC)cc2n1Cc1ccccc1Br. The molecule has 0 bridgehead atoms. The van der Waals surface area contributed by atoms with Crippen LogP contribution in [0.3, 0.4) is 0 Å². The van der Waals surface area contributed by atoms with Gasteiger partial charge >= 0.3 is 5.97 Å². The largest absolute Gasteiger partial charge is 0.465 e. The molecule has 124 valence electrons. The van der Waals surface area contributed by atoms with Crippen LogP contribution in [0.1, 0.15) is 35.0 Å². The van der Waals surface area contributed by atoms with E-state index in [9.17, 15) is 4.79 Å². The normalized spacial score (nSPS) is 11.0. The molecule has 0 fully saturated rings. The molecule has 0 atom stereocenters. The Hall–Kier alpha value is -2.07. The van der Waals surface area contributed by atoms with E-state index in [0.717, 1.165) is 34.8 Å². The molecule has 24 heavy (non-hydrogen) atoms. The Morgan fingerprint density at radius 2 is 1.96 bits per heavy atom. The predicted octanol–water partition coefficient (Wildman–Crippen LogP) is 5.19. The maximum Gasteiger partial charge on any atom is 0.337 e. The molecule has 3 aromatic rings. The second-order valence-corrected chi connectivity index (χ2v) is 6.68. The number of rotatable bonds is 5. The van der Waals surface area contributed by atoms with Gasteiger partial charge in [0.15, 0.2) is 0 Å². The first-order chi connectivity index (χ1) is 11.6. The molecule has 2 aromatic carbocycles. The van der Waals surface area contributed by atoms with E-state index in [1.165, 1.54) is 18.4 Å². The maximum absolute atomic E-state index is 11.9. The topological polar surface area (TPSA) is 31.2 Å². The lowest BCUT2D eigenvalue weighted by Gasteiger charge is -2.12. The van der Waals surface area contributed by atoms with Gasteiger partial charge in [0.25, 0.3) is 0 Å². The summed E-state index contributed by atoms with van der Waals surface area (Å²) in [6.45, 7) is 2.95. The van der Waals surface area contributed by atoms with Crippen LogP contribution in [0.4, 0.5) is 0 Å². The first-order valence-electron chi connectivity index (χ1n) is 8.08. The monoisotopic (exact) mass is 385 g/mol. The number of aryl methyl sites for hydroxylation is 1. The number of carbonyl (C=O) groups is 1. The summed E-state index contributed by atoms with van der Waals surface area (Å²) >= 11 is 3.63. The zero-order valence-corrected chi connectivity index (χ0v) is 15.5. The van der Waals surface area contributed by atoms with Crippen LogP contribution >= 0.6 is 15.9 Å². The molecular formula is C20H20BrNO2. The first kappa shape index (κ1) is 16.8. The van der Waals surface area contributed by atoms with Crippen molar-refractivity contribution >= 4 is 32.8 Å². The number of halogens is 1. The van der Waals surface area contributed by atoms with Gasteiger partial charge in [0, 0.05) is 22.2 Å². The molecule has 0 saturated heterocycles. The van der Waals surface area contributed by atoms with Gasteiger partial charge in [-0.2, -0.15) is 0 Å². The van der Waals surface area contributed by atoms with Crippen molar-refractivity contribution in [2.24, 2.45) is 0 Å². The molecule has 0 radical (unpaired) electrons. The molecule has 4 heteroatoms. The van der Waals surface area contributed by atoms with Crippen molar-refractivity contribution in [1.29, 1.82) is 0 Å². The van der Waals surface area contributed by atoms with Gasteiger partial charge in [0.2, 0.25) is 0 Å². The molecule has 1 aromatic heterocycles. The number of nitrogens with zero attached hydrogens (tertiary/aromatic N) is 1. The van der Waals surface area contributed by atoms with Crippen molar-refractivity contribution in [1.82, 2.24) is 4.57 Å². The van der Waals surface area contributed by atoms with Crippen LogP contribution in [0.25, 0.3) is 10.9 Å². The van der Waals surface area contributed by atoms with Crippen molar-refractivity contribution in [2.45, 2.75) is 26.3 Å². The van der Waals surface area contributed by atoms with Gasteiger partial charge in [-0.3, -0.25) is 0 Å². The van der Waals surface area contributed by atoms with E-state index in [1.807, 2.05) is 30.3 Å². The summed E-state index contributed by atoms with van der Waals surface area (Å²) in [7, 11) is 1.41. The number of methoxy groups -OCH3 is 1. The lowest BCUT2D eigenvalue weighted by atomic mass is 10.1. The molecule has 0 spiro atoms. The van der Waals surface area contributed by atoms with Gasteiger partial charge in [0.05, 0.1) is 12.7 Å². The summed E-state index contributed by atoms with van der Waals surface area (Å²) < 4.78 is 8.25. The Morgan fingerprint density at radius 3 is 2.67 bits per heavy atom. The van der Waals surface area contributed by atoms with E-state index >= 15 is 0 Å². The zero-order valence-electron chi connectivity index (χ0n) is 13.9. The molecule has 0 amide bonds. The maximum atomic E-state index is 11.9. The highest BCUT2D eigenvalue weighted by molar-refractivity contribution is 9.10. The van der Waals surface area contributed by atoms with Crippen molar-refractivity contribution in [3.05, 3.63) is 69.8 Å². The summed E-state index contributed by atoms with van der Waals surface area (Å²) in [5.74, 6) is -0.303. The molecule has 0 N–H and O–H groups in total. The number of esters is 1. The molecule has 0 aliphatic rings. The Morgan fingerprint density at radius 1 is 1.17 bits per heavy atom. The van der Waals surface area contributed by atoms with Crippen molar-refractivity contribution < 1.29 is 9.53 Å². The summed E-state index contributed by atoms with van der Waals surface area (Å²) in [6.07, 6.45) is 2.09. The molecule has 0 aliphatic carbocycles. The van der Waals surface area contributed by atoms with Crippen LogP contribution in [0.2, 0.25) is 0 Å². The van der Waals surface area contributed by atoms with Crippen molar-refractivity contribution in [3.8, 4) is 0 Å². The quantitative estimate of drug-likeness (QED) is 0.565. The molecule has 3 rings (SSSR count). The number of hydrogen-bond donors (Lipinski definition) is 0. The third-order valence-electron chi connectivity index (χ3n) is 4.20. The van der Waals surface area contributed by atoms with Crippen LogP contribution in [-0.4, -0.2) is 17.6 Å². The van der Waals surface area contributed by atoms with E-state index in [-0.39, 0.29) is 5.97 Å². The van der Waals surface area contributed by atoms with Gasteiger partial charge in [-0.15, -0.1) is 0 Å². The Bertz CT molecular complexity index is 882. The zero-order chi connectivity index (χ0) is 17.1. The standard InChI is InChI=1S/C20H20BrNO2/c1-3-6-17-11-14-9-10-15(20(23)24-2)12-19(14)22(17)13-16-7-4-5-8-18(16)21/h4-5,7-12H,3,6,13H2,1-2H3. The van der Waals surface area contributed by atoms with Crippen LogP contribution in [0, 0.1) is 0 Å². The van der Waals surface area contributed by atoms with Gasteiger partial charge < -0.3 is 9.30 Å². The summed E-state index contributed by atoms with van der Waals surface area (Å²) in [5.41, 5.74) is 4.15. The summed E-state index contributed by atoms with van der Waals surface area (Å²) in [5, 5.41) is 1.15. The number of aromatic nitrogens is 1. The average molecular weight is 386 g/mol. The van der Waals surface area contributed by atoms with E-state index in [4.69, 9.17) is 4.74 Å². The van der Waals surface area contributed by atoms with E-state index in [0.29, 0.717) is 5.56 Å². The Balaban J connectivity index is 2.13. The molecular weight excluding hydrogens is 366 g/mol. The number of benzene rings is 2. The third-order valence-corrected chi connectivity index (χ3v) is 4.98. The minimum Gasteiger partial charge on any atom is -0.465 e. The fourth-order valence-electron chi connectivity index (χ4n) is 3.00. The first-order valence-corrected chi connectivity index (χ1v) is 8.87. The predicted molar refractivity (Wildman–Crippen MR) is 101 cm³/mol. The lowest BCUT2D eigenvalue weighted by Crippen LogP contribution is -2.06. The molecule has 0 unspecified atom stereocenters. The van der Waals surface area contributed by atoms with Gasteiger partial charge in [-0.05, 0) is 41.6 Å². The molecule has 0 aliphatic heterocycles. The van der Waals surface area contributed by atoms with E-state index < -0.39 is 0 Å². The summed E-state index contributed by atoms with van der Waals surface area (Å²) in [6, 6.07) is 16.2. The number of fused-ring (bicyclic) bond motifs is 1. The third kappa shape index (κ3) is 3.24. The molecule has 3 nitrogen and oxygen atoms in total. The van der Waals surface area contributed by atoms with Crippen LogP contribution in [-0.2, 0) is 17.7 Å². The van der Waals surface area contributed by atoms with Crippen molar-refractivity contribution in [3.63, 3.8) is 0 Å². The minimum absolute atomic E-state index is 0.303. The fourth-order valence-corrected chi connectivity index (χ4v) is 3.41. The van der Waals surface area contributed by atoms with Crippen molar-refractivity contribution in [2.75, 3.05) is 7.11 Å². The molecule has 1 heterocycles. The number of hydrogen-bond acceptors (Lipinski definition) is 2. The van der Waals surface area contributed by atoms with Gasteiger partial charge in [-0.1, -0.05) is 53.5 Å². The highest BCUT2D eigenvalue weighted by Gasteiger charge is 2.13. The fraction of sp³-hybridized carbons (Fsp3) is 0.250. The second-order valence-electron chi connectivity index (χ2n) is 5.83. The average Bonchev–Trinajstić information content (AvgIpc) is 2.93. The Labute approximate surface area is 150 Å². The van der Waals surface area contributed by atoms with E-state index in [2.05, 4.69) is 45.6 Å². The highest BCUT2D eigenvalue weighted by atomic mass is 79.9. The number of ether oxygens (including phenoxy) is 1. The minimum atomic E-state index is -0.303. The number of carbonyl (C=O) groups excluding carboxylic acids is 1. The van der Waals surface area contributed by atoms with Gasteiger partial charge in [-0.25, -0.2) is 4.79 Å². The van der Waals surface area contributed by atoms with Crippen LogP contribution in [0.5, 0.6) is 0 Å². The second kappa shape index (κ2) is 7.22. The van der Waals surface area contributed by atoms with Crippen LogP contribution in [0.15, 0.2) is 53.0 Å². The lowest BCUT2D eigenvalue weighted by molar-refractivity contribution is 0.0601. The van der Waals surface area contributed by atoms with Crippen LogP contribution < -0.4 is 0 Å². The smallest absolute Gasteiger partial charge is 0.337 e. The summed E-state index contributed by atoms with van der Waals surface area (Å²) in [4.78, 5) is 11.9. The Kier molecular flexibility index (Phi) is 5.05. The van der Waals surface area contributed by atoms with Gasteiger partial charge in [0.1, 0.15) is 0 Å². The van der Waals surface area contributed by atoms with E-state index in [1.54, 1.807) is 0 Å².